The van der Waals surface area contributed by atoms with Crippen molar-refractivity contribution in [2.75, 3.05) is 13.2 Å². The quantitative estimate of drug-likeness (QED) is 0.750. The van der Waals surface area contributed by atoms with Crippen molar-refractivity contribution in [1.82, 2.24) is 5.32 Å². The molecule has 104 valence electrons. The van der Waals surface area contributed by atoms with Crippen molar-refractivity contribution in [3.8, 4) is 11.5 Å². The van der Waals surface area contributed by atoms with Crippen LogP contribution >= 0.6 is 0 Å². The molecule has 1 aromatic rings. The number of amides is 2. The van der Waals surface area contributed by atoms with Gasteiger partial charge in [-0.15, -0.1) is 0 Å². The first kappa shape index (κ1) is 14.8. The van der Waals surface area contributed by atoms with Gasteiger partial charge in [-0.05, 0) is 38.1 Å². The van der Waals surface area contributed by atoms with Crippen LogP contribution < -0.4 is 20.5 Å². The lowest BCUT2D eigenvalue weighted by Gasteiger charge is -2.11. The molecule has 1 unspecified atom stereocenters. The van der Waals surface area contributed by atoms with Gasteiger partial charge in [-0.3, -0.25) is 9.59 Å². The minimum absolute atomic E-state index is 0.175. The lowest BCUT2D eigenvalue weighted by atomic mass is 10.3. The second-order valence-electron chi connectivity index (χ2n) is 3.88. The normalized spacial score (nSPS) is 11.5. The van der Waals surface area contributed by atoms with E-state index in [0.29, 0.717) is 12.4 Å². The molecule has 0 spiro atoms. The van der Waals surface area contributed by atoms with Crippen LogP contribution in [0.15, 0.2) is 24.3 Å². The van der Waals surface area contributed by atoms with Gasteiger partial charge in [-0.25, -0.2) is 0 Å². The molecule has 0 aliphatic heterocycles. The third-order valence-corrected chi connectivity index (χ3v) is 2.31. The SMILES string of the molecule is CCOc1ccc(OCC(=O)NC(C)C(N)=O)cc1. The van der Waals surface area contributed by atoms with E-state index in [1.54, 1.807) is 24.3 Å². The van der Waals surface area contributed by atoms with Crippen LogP contribution in [-0.4, -0.2) is 31.1 Å². The Morgan fingerprint density at radius 2 is 1.74 bits per heavy atom. The summed E-state index contributed by atoms with van der Waals surface area (Å²) in [5, 5.41) is 2.42. The number of nitrogens with one attached hydrogen (secondary N) is 1. The van der Waals surface area contributed by atoms with Crippen LogP contribution in [0, 0.1) is 0 Å². The maximum Gasteiger partial charge on any atom is 0.258 e. The van der Waals surface area contributed by atoms with Gasteiger partial charge in [0.1, 0.15) is 17.5 Å². The lowest BCUT2D eigenvalue weighted by molar-refractivity contribution is -0.128. The monoisotopic (exact) mass is 266 g/mol. The lowest BCUT2D eigenvalue weighted by Crippen LogP contribution is -2.44. The van der Waals surface area contributed by atoms with Crippen LogP contribution in [0.1, 0.15) is 13.8 Å². The summed E-state index contributed by atoms with van der Waals surface area (Å²) in [6.07, 6.45) is 0. The summed E-state index contributed by atoms with van der Waals surface area (Å²) in [7, 11) is 0. The zero-order chi connectivity index (χ0) is 14.3. The van der Waals surface area contributed by atoms with Crippen LogP contribution in [0.25, 0.3) is 0 Å². The summed E-state index contributed by atoms with van der Waals surface area (Å²) in [5.74, 6) is 0.293. The van der Waals surface area contributed by atoms with Gasteiger partial charge in [0.25, 0.3) is 5.91 Å². The molecule has 0 radical (unpaired) electrons. The van der Waals surface area contributed by atoms with Gasteiger partial charge in [-0.1, -0.05) is 0 Å². The van der Waals surface area contributed by atoms with E-state index >= 15 is 0 Å². The van der Waals surface area contributed by atoms with Gasteiger partial charge in [0.15, 0.2) is 6.61 Å². The van der Waals surface area contributed by atoms with E-state index in [-0.39, 0.29) is 6.61 Å². The van der Waals surface area contributed by atoms with Crippen LogP contribution in [0.5, 0.6) is 11.5 Å². The van der Waals surface area contributed by atoms with Crippen LogP contribution in [0.2, 0.25) is 0 Å². The van der Waals surface area contributed by atoms with Crippen molar-refractivity contribution in [2.24, 2.45) is 5.73 Å². The average Bonchev–Trinajstić information content (AvgIpc) is 2.38. The van der Waals surface area contributed by atoms with E-state index in [2.05, 4.69) is 5.32 Å². The van der Waals surface area contributed by atoms with Crippen molar-refractivity contribution in [3.05, 3.63) is 24.3 Å². The Hall–Kier alpha value is -2.24. The van der Waals surface area contributed by atoms with Gasteiger partial charge < -0.3 is 20.5 Å². The molecule has 0 aromatic heterocycles. The molecule has 0 aliphatic rings. The van der Waals surface area contributed by atoms with Gasteiger partial charge in [-0.2, -0.15) is 0 Å². The minimum atomic E-state index is -0.712. The first-order valence-corrected chi connectivity index (χ1v) is 5.97. The number of carbonyl (C=O) groups is 2. The first-order valence-electron chi connectivity index (χ1n) is 5.97. The topological polar surface area (TPSA) is 90.7 Å². The highest BCUT2D eigenvalue weighted by Crippen LogP contribution is 2.17. The molecule has 0 fully saturated rings. The van der Waals surface area contributed by atoms with Crippen LogP contribution in [-0.2, 0) is 9.59 Å². The summed E-state index contributed by atoms with van der Waals surface area (Å²) < 4.78 is 10.5. The predicted octanol–water partition coefficient (Wildman–Crippen LogP) is 0.454. The van der Waals surface area contributed by atoms with E-state index in [1.165, 1.54) is 6.92 Å². The zero-order valence-corrected chi connectivity index (χ0v) is 11.0. The van der Waals surface area contributed by atoms with E-state index in [1.807, 2.05) is 6.92 Å². The smallest absolute Gasteiger partial charge is 0.258 e. The zero-order valence-electron chi connectivity index (χ0n) is 11.0. The van der Waals surface area contributed by atoms with Gasteiger partial charge in [0, 0.05) is 0 Å². The van der Waals surface area contributed by atoms with Crippen LogP contribution in [0.3, 0.4) is 0 Å². The van der Waals surface area contributed by atoms with Crippen molar-refractivity contribution in [1.29, 1.82) is 0 Å². The van der Waals surface area contributed by atoms with Gasteiger partial charge in [0.2, 0.25) is 5.91 Å². The third kappa shape index (κ3) is 5.29. The number of carbonyl (C=O) groups excluding carboxylic acids is 2. The molecule has 2 amide bonds. The number of hydrogen-bond acceptors (Lipinski definition) is 4. The Morgan fingerprint density at radius 3 is 2.21 bits per heavy atom. The summed E-state index contributed by atoms with van der Waals surface area (Å²) >= 11 is 0. The van der Waals surface area contributed by atoms with E-state index < -0.39 is 17.9 Å². The Morgan fingerprint density at radius 1 is 1.21 bits per heavy atom. The van der Waals surface area contributed by atoms with E-state index in [9.17, 15) is 9.59 Å². The molecule has 1 atom stereocenters. The largest absolute Gasteiger partial charge is 0.494 e. The second-order valence-corrected chi connectivity index (χ2v) is 3.88. The van der Waals surface area contributed by atoms with Crippen molar-refractivity contribution >= 4 is 11.8 Å². The third-order valence-electron chi connectivity index (χ3n) is 2.31. The number of hydrogen-bond donors (Lipinski definition) is 2. The Labute approximate surface area is 111 Å². The number of primary amides is 1. The highest BCUT2D eigenvalue weighted by atomic mass is 16.5. The van der Waals surface area contributed by atoms with E-state index in [0.717, 1.165) is 5.75 Å². The molecule has 0 bridgehead atoms. The molecule has 0 heterocycles. The Kier molecular flexibility index (Phi) is 5.66. The summed E-state index contributed by atoms with van der Waals surface area (Å²) in [6, 6.07) is 6.20. The maximum atomic E-state index is 11.4. The molecule has 0 saturated heterocycles. The number of nitrogens with two attached hydrogens (primary N) is 1. The molecular weight excluding hydrogens is 248 g/mol. The fourth-order valence-corrected chi connectivity index (χ4v) is 1.30. The highest BCUT2D eigenvalue weighted by Gasteiger charge is 2.12. The fourth-order valence-electron chi connectivity index (χ4n) is 1.30. The van der Waals surface area contributed by atoms with Gasteiger partial charge in [0.05, 0.1) is 6.61 Å². The average molecular weight is 266 g/mol. The summed E-state index contributed by atoms with van der Waals surface area (Å²) in [6.45, 7) is 3.82. The standard InChI is InChI=1S/C13H18N2O4/c1-3-18-10-4-6-11(7-5-10)19-8-12(16)15-9(2)13(14)17/h4-7,9H,3,8H2,1-2H3,(H2,14,17)(H,15,16). The van der Waals surface area contributed by atoms with Crippen molar-refractivity contribution in [3.63, 3.8) is 0 Å². The summed E-state index contributed by atoms with van der Waals surface area (Å²) in [5.41, 5.74) is 5.03. The number of benzene rings is 1. The highest BCUT2D eigenvalue weighted by molar-refractivity contribution is 5.86. The molecular formula is C13H18N2O4. The van der Waals surface area contributed by atoms with Crippen molar-refractivity contribution in [2.45, 2.75) is 19.9 Å². The molecule has 0 saturated carbocycles. The first-order chi connectivity index (χ1) is 9.02. The molecule has 6 nitrogen and oxygen atoms in total. The molecule has 3 N–H and O–H groups in total. The fraction of sp³-hybridized carbons (Fsp3) is 0.385. The predicted molar refractivity (Wildman–Crippen MR) is 69.9 cm³/mol. The molecule has 1 rings (SSSR count). The second kappa shape index (κ2) is 7.25. The Balaban J connectivity index is 2.39. The number of rotatable bonds is 7. The molecule has 19 heavy (non-hydrogen) atoms. The molecule has 6 heteroatoms. The molecule has 1 aromatic carbocycles. The van der Waals surface area contributed by atoms with Crippen molar-refractivity contribution < 1.29 is 19.1 Å². The van der Waals surface area contributed by atoms with E-state index in [4.69, 9.17) is 15.2 Å². The maximum absolute atomic E-state index is 11.4. The number of ether oxygens (including phenoxy) is 2. The van der Waals surface area contributed by atoms with Gasteiger partial charge >= 0.3 is 0 Å². The van der Waals surface area contributed by atoms with Crippen LogP contribution in [0.4, 0.5) is 0 Å². The summed E-state index contributed by atoms with van der Waals surface area (Å²) in [4.78, 5) is 22.2. The Bertz CT molecular complexity index is 431. The molecule has 0 aliphatic carbocycles. The minimum Gasteiger partial charge on any atom is -0.494 e.